The van der Waals surface area contributed by atoms with Crippen molar-refractivity contribution in [2.45, 2.75) is 49.7 Å². The SMILES string of the molecule is C=C(F)C(=O)N1CCC2[C@H]1CN2c1nc(OCC23CCCN2CCC3)nc2c(F)c(-c3cccc4cccc(Cl)c34)ccc12. The number of ether oxygens (including phenoxy) is 1. The van der Waals surface area contributed by atoms with Crippen molar-refractivity contribution in [1.82, 2.24) is 19.8 Å². The molecule has 44 heavy (non-hydrogen) atoms. The lowest BCUT2D eigenvalue weighted by Crippen LogP contribution is -2.63. The molecule has 4 aliphatic heterocycles. The third-order valence-electron chi connectivity index (χ3n) is 10.3. The molecule has 1 aromatic heterocycles. The van der Waals surface area contributed by atoms with Gasteiger partial charge in [-0.05, 0) is 68.3 Å². The van der Waals surface area contributed by atoms with Crippen LogP contribution in [0, 0.1) is 5.82 Å². The Bertz CT molecular complexity index is 1830. The number of carbonyl (C=O) groups is 1. The summed E-state index contributed by atoms with van der Waals surface area (Å²) in [6.45, 7) is 6.66. The minimum Gasteiger partial charge on any atom is -0.461 e. The summed E-state index contributed by atoms with van der Waals surface area (Å²) >= 11 is 6.62. The Balaban J connectivity index is 1.22. The third kappa shape index (κ3) is 4.19. The first-order valence-electron chi connectivity index (χ1n) is 15.3. The second-order valence-corrected chi connectivity index (χ2v) is 12.9. The fourth-order valence-electron chi connectivity index (χ4n) is 8.07. The number of hydrogen-bond donors (Lipinski definition) is 0. The molecule has 3 aromatic carbocycles. The zero-order chi connectivity index (χ0) is 30.2. The molecular weight excluding hydrogens is 584 g/mol. The number of hydrogen-bond acceptors (Lipinski definition) is 6. The lowest BCUT2D eigenvalue weighted by molar-refractivity contribution is -0.130. The van der Waals surface area contributed by atoms with Crippen molar-refractivity contribution in [2.75, 3.05) is 37.7 Å². The van der Waals surface area contributed by atoms with Crippen LogP contribution in [-0.2, 0) is 4.79 Å². The Labute approximate surface area is 259 Å². The number of carbonyl (C=O) groups excluding carboxylic acids is 1. The maximum atomic E-state index is 16.7. The zero-order valence-electron chi connectivity index (χ0n) is 24.2. The average molecular weight is 616 g/mol. The second kappa shape index (κ2) is 10.4. The van der Waals surface area contributed by atoms with E-state index in [0.29, 0.717) is 53.5 Å². The summed E-state index contributed by atoms with van der Waals surface area (Å²) in [5.41, 5.74) is 1.22. The number of amides is 1. The van der Waals surface area contributed by atoms with E-state index in [2.05, 4.69) is 21.4 Å². The molecule has 2 atom stereocenters. The van der Waals surface area contributed by atoms with Gasteiger partial charge in [0, 0.05) is 34.4 Å². The van der Waals surface area contributed by atoms with Gasteiger partial charge in [0.2, 0.25) is 0 Å². The van der Waals surface area contributed by atoms with Crippen molar-refractivity contribution >= 4 is 45.0 Å². The van der Waals surface area contributed by atoms with Gasteiger partial charge in [-0.2, -0.15) is 9.97 Å². The summed E-state index contributed by atoms with van der Waals surface area (Å²) in [5, 5.41) is 2.80. The van der Waals surface area contributed by atoms with Gasteiger partial charge in [0.25, 0.3) is 5.91 Å². The maximum absolute atomic E-state index is 16.7. The minimum atomic E-state index is -0.956. The number of rotatable bonds is 6. The van der Waals surface area contributed by atoms with Crippen molar-refractivity contribution in [1.29, 1.82) is 0 Å². The number of fused-ring (bicyclic) bond motifs is 4. The van der Waals surface area contributed by atoms with Crippen molar-refractivity contribution in [3.8, 4) is 17.1 Å². The second-order valence-electron chi connectivity index (χ2n) is 12.5. The molecule has 0 saturated carbocycles. The third-order valence-corrected chi connectivity index (χ3v) is 10.6. The molecule has 0 spiro atoms. The van der Waals surface area contributed by atoms with Gasteiger partial charge in [-0.3, -0.25) is 9.69 Å². The fraction of sp³-hybridized carbons (Fsp3) is 0.382. The van der Waals surface area contributed by atoms with Crippen molar-refractivity contribution in [2.24, 2.45) is 0 Å². The van der Waals surface area contributed by atoms with Crippen LogP contribution in [0.1, 0.15) is 32.1 Å². The Morgan fingerprint density at radius 2 is 1.80 bits per heavy atom. The topological polar surface area (TPSA) is 61.8 Å². The smallest absolute Gasteiger partial charge is 0.319 e. The zero-order valence-corrected chi connectivity index (χ0v) is 25.0. The molecule has 7 nitrogen and oxygen atoms in total. The van der Waals surface area contributed by atoms with Gasteiger partial charge in [-0.25, -0.2) is 8.78 Å². The molecule has 0 N–H and O–H groups in total. The molecule has 4 aliphatic rings. The molecule has 5 heterocycles. The van der Waals surface area contributed by atoms with E-state index in [9.17, 15) is 9.18 Å². The van der Waals surface area contributed by atoms with Crippen LogP contribution in [0.2, 0.25) is 5.02 Å². The lowest BCUT2D eigenvalue weighted by Gasteiger charge is -2.47. The van der Waals surface area contributed by atoms with Gasteiger partial charge in [0.15, 0.2) is 11.6 Å². The Hall–Kier alpha value is -3.82. The van der Waals surface area contributed by atoms with Crippen LogP contribution >= 0.6 is 11.6 Å². The Morgan fingerprint density at radius 3 is 2.57 bits per heavy atom. The van der Waals surface area contributed by atoms with E-state index in [4.69, 9.17) is 21.3 Å². The lowest BCUT2D eigenvalue weighted by atomic mass is 9.94. The maximum Gasteiger partial charge on any atom is 0.319 e. The van der Waals surface area contributed by atoms with Crippen LogP contribution in [0.3, 0.4) is 0 Å². The van der Waals surface area contributed by atoms with Crippen LogP contribution in [0.4, 0.5) is 14.6 Å². The Morgan fingerprint density at radius 1 is 1.02 bits per heavy atom. The summed E-state index contributed by atoms with van der Waals surface area (Å²) in [6.07, 6.45) is 5.05. The minimum absolute atomic E-state index is 0.0263. The van der Waals surface area contributed by atoms with E-state index in [1.165, 1.54) is 0 Å². The van der Waals surface area contributed by atoms with E-state index >= 15 is 4.39 Å². The molecule has 8 rings (SSSR count). The molecule has 226 valence electrons. The quantitative estimate of drug-likeness (QED) is 0.230. The number of likely N-dealkylation sites (tertiary alicyclic amines) is 1. The summed E-state index contributed by atoms with van der Waals surface area (Å²) in [4.78, 5) is 28.1. The molecule has 0 radical (unpaired) electrons. The van der Waals surface area contributed by atoms with Crippen molar-refractivity contribution in [3.63, 3.8) is 0 Å². The molecule has 4 saturated heterocycles. The van der Waals surface area contributed by atoms with Crippen LogP contribution in [0.5, 0.6) is 6.01 Å². The largest absolute Gasteiger partial charge is 0.461 e. The van der Waals surface area contributed by atoms with Crippen LogP contribution in [0.15, 0.2) is 60.9 Å². The van der Waals surface area contributed by atoms with Gasteiger partial charge in [0.1, 0.15) is 17.9 Å². The first-order valence-corrected chi connectivity index (χ1v) is 15.7. The molecule has 10 heteroatoms. The highest BCUT2D eigenvalue weighted by atomic mass is 35.5. The van der Waals surface area contributed by atoms with Crippen LogP contribution in [0.25, 0.3) is 32.8 Å². The summed E-state index contributed by atoms with van der Waals surface area (Å²) < 4.78 is 36.8. The normalized spacial score (nSPS) is 22.3. The standard InChI is InChI=1S/C34H32ClF2N5O2/c1-20(36)32(43)41-17-12-26-27(41)18-42(26)31-24-11-10-23(22-8-2-6-21-7-3-9-25(35)28(21)22)29(37)30(24)38-33(39-31)44-19-34-13-4-15-40(34)16-5-14-34/h2-3,6-11,26-27H,1,4-5,12-19H2/t26?,27-/m1/s1. The van der Waals surface area contributed by atoms with Crippen LogP contribution in [-0.4, -0.2) is 76.1 Å². The molecule has 4 aromatic rings. The van der Waals surface area contributed by atoms with Gasteiger partial charge >= 0.3 is 6.01 Å². The van der Waals surface area contributed by atoms with Crippen molar-refractivity contribution < 1.29 is 18.3 Å². The predicted octanol–water partition coefficient (Wildman–Crippen LogP) is 6.52. The van der Waals surface area contributed by atoms with Crippen LogP contribution < -0.4 is 9.64 Å². The van der Waals surface area contributed by atoms with Gasteiger partial charge in [-0.15, -0.1) is 0 Å². The predicted molar refractivity (Wildman–Crippen MR) is 167 cm³/mol. The van der Waals surface area contributed by atoms with Gasteiger partial charge < -0.3 is 14.5 Å². The van der Waals surface area contributed by atoms with Gasteiger partial charge in [0.05, 0.1) is 17.6 Å². The molecule has 0 aliphatic carbocycles. The van der Waals surface area contributed by atoms with E-state index < -0.39 is 17.6 Å². The highest BCUT2D eigenvalue weighted by molar-refractivity contribution is 6.36. The molecule has 4 fully saturated rings. The monoisotopic (exact) mass is 615 g/mol. The van der Waals surface area contributed by atoms with E-state index in [1.807, 2.05) is 42.5 Å². The number of benzene rings is 3. The summed E-state index contributed by atoms with van der Waals surface area (Å²) in [7, 11) is 0. The average Bonchev–Trinajstić information content (AvgIpc) is 3.69. The number of nitrogens with zero attached hydrogens (tertiary/aromatic N) is 5. The summed E-state index contributed by atoms with van der Waals surface area (Å²) in [6, 6.07) is 14.9. The highest BCUT2D eigenvalue weighted by Crippen LogP contribution is 2.43. The van der Waals surface area contributed by atoms with E-state index in [-0.39, 0.29) is 29.1 Å². The van der Waals surface area contributed by atoms with Crippen molar-refractivity contribution in [3.05, 3.63) is 71.8 Å². The first kappa shape index (κ1) is 27.7. The molecular formula is C34H32ClF2N5O2. The van der Waals surface area contributed by atoms with E-state index in [0.717, 1.165) is 49.5 Å². The molecule has 1 unspecified atom stereocenters. The van der Waals surface area contributed by atoms with Gasteiger partial charge in [-0.1, -0.05) is 54.6 Å². The number of aromatic nitrogens is 2. The number of halogens is 3. The highest BCUT2D eigenvalue weighted by Gasteiger charge is 2.50. The summed E-state index contributed by atoms with van der Waals surface area (Å²) in [5.74, 6) is -1.54. The fourth-order valence-corrected chi connectivity index (χ4v) is 8.35. The van der Waals surface area contributed by atoms with E-state index in [1.54, 1.807) is 11.0 Å². The first-order chi connectivity index (χ1) is 21.3. The molecule has 0 bridgehead atoms. The number of anilines is 1. The molecule has 1 amide bonds. The Kier molecular flexibility index (Phi) is 6.54.